The van der Waals surface area contributed by atoms with Gasteiger partial charge in [0.05, 0.1) is 6.54 Å². The van der Waals surface area contributed by atoms with Gasteiger partial charge in [-0.2, -0.15) is 0 Å². The molecule has 0 saturated carbocycles. The van der Waals surface area contributed by atoms with Crippen molar-refractivity contribution in [3.63, 3.8) is 0 Å². The van der Waals surface area contributed by atoms with Crippen LogP contribution in [0, 0.1) is 0 Å². The normalized spacial score (nSPS) is 17.4. The van der Waals surface area contributed by atoms with Gasteiger partial charge in [-0.05, 0) is 35.9 Å². The van der Waals surface area contributed by atoms with E-state index in [0.717, 1.165) is 15.7 Å². The maximum absolute atomic E-state index is 13.1. The number of carbonyl (C=O) groups excluding carboxylic acids is 2. The monoisotopic (exact) mass is 450 g/mol. The van der Waals surface area contributed by atoms with Crippen LogP contribution in [0.25, 0.3) is 0 Å². The molecule has 1 heterocycles. The Labute approximate surface area is 177 Å². The van der Waals surface area contributed by atoms with Gasteiger partial charge in [0.1, 0.15) is 0 Å². The van der Waals surface area contributed by atoms with Crippen molar-refractivity contribution in [1.29, 1.82) is 0 Å². The van der Waals surface area contributed by atoms with Crippen LogP contribution in [0.2, 0.25) is 0 Å². The molecule has 4 rings (SSSR count). The van der Waals surface area contributed by atoms with Gasteiger partial charge in [0, 0.05) is 15.8 Å². The lowest BCUT2D eigenvalue weighted by Crippen LogP contribution is -2.36. The summed E-state index contributed by atoms with van der Waals surface area (Å²) in [6.45, 7) is 0.406. The third kappa shape index (κ3) is 4.72. The number of epoxide rings is 1. The van der Waals surface area contributed by atoms with Crippen molar-refractivity contribution < 1.29 is 14.3 Å². The lowest BCUT2D eigenvalue weighted by atomic mass is 10.1. The summed E-state index contributed by atoms with van der Waals surface area (Å²) >= 11 is 3.37. The number of carbonyl (C=O) groups is 2. The van der Waals surface area contributed by atoms with Crippen LogP contribution in [0.15, 0.2) is 89.4 Å². The molecule has 0 spiro atoms. The van der Waals surface area contributed by atoms with Gasteiger partial charge >= 0.3 is 0 Å². The molecule has 2 amide bonds. The summed E-state index contributed by atoms with van der Waals surface area (Å²) in [5.41, 5.74) is 2.42. The van der Waals surface area contributed by atoms with Crippen molar-refractivity contribution in [1.82, 2.24) is 0 Å². The molecule has 1 saturated heterocycles. The fourth-order valence-corrected chi connectivity index (χ4v) is 3.50. The predicted octanol–water partition coefficient (Wildman–Crippen LogP) is 4.39. The average Bonchev–Trinajstić information content (AvgIpc) is 3.54. The van der Waals surface area contributed by atoms with Crippen LogP contribution in [0.1, 0.15) is 5.56 Å². The second-order valence-corrected chi connectivity index (χ2v) is 7.64. The first-order chi connectivity index (χ1) is 14.1. The SMILES string of the molecule is O=C(Nc1cccc(Br)c1)[C@H]1O[C@@H]1C(=O)N(Cc1ccccc1)c1ccccc1. The fourth-order valence-electron chi connectivity index (χ4n) is 3.10. The van der Waals surface area contributed by atoms with E-state index in [1.807, 2.05) is 72.8 Å². The number of halogens is 1. The highest BCUT2D eigenvalue weighted by Gasteiger charge is 2.52. The van der Waals surface area contributed by atoms with E-state index in [1.54, 1.807) is 17.0 Å². The van der Waals surface area contributed by atoms with Crippen molar-refractivity contribution in [3.8, 4) is 0 Å². The molecule has 1 aliphatic rings. The Bertz CT molecular complexity index is 1010. The average molecular weight is 451 g/mol. The molecule has 1 aliphatic heterocycles. The summed E-state index contributed by atoms with van der Waals surface area (Å²) in [6, 6.07) is 26.4. The number of nitrogens with zero attached hydrogens (tertiary/aromatic N) is 1. The Morgan fingerprint density at radius 1 is 0.897 bits per heavy atom. The van der Waals surface area contributed by atoms with Crippen LogP contribution in [0.3, 0.4) is 0 Å². The van der Waals surface area contributed by atoms with Crippen LogP contribution in [-0.4, -0.2) is 24.0 Å². The quantitative estimate of drug-likeness (QED) is 0.566. The first kappa shape index (κ1) is 19.4. The van der Waals surface area contributed by atoms with E-state index in [0.29, 0.717) is 12.2 Å². The van der Waals surface area contributed by atoms with Gasteiger partial charge in [-0.25, -0.2) is 0 Å². The number of hydrogen-bond donors (Lipinski definition) is 1. The number of nitrogens with one attached hydrogen (secondary N) is 1. The predicted molar refractivity (Wildman–Crippen MR) is 116 cm³/mol. The molecule has 6 heteroatoms. The van der Waals surface area contributed by atoms with Crippen LogP contribution < -0.4 is 10.2 Å². The number of rotatable bonds is 6. The van der Waals surface area contributed by atoms with Crippen molar-refractivity contribution in [2.75, 3.05) is 10.2 Å². The van der Waals surface area contributed by atoms with E-state index in [4.69, 9.17) is 4.74 Å². The smallest absolute Gasteiger partial charge is 0.259 e. The van der Waals surface area contributed by atoms with Crippen LogP contribution >= 0.6 is 15.9 Å². The maximum Gasteiger partial charge on any atom is 0.259 e. The van der Waals surface area contributed by atoms with Crippen molar-refractivity contribution >= 4 is 39.1 Å². The third-order valence-electron chi connectivity index (χ3n) is 4.60. The Kier molecular flexibility index (Phi) is 5.74. The van der Waals surface area contributed by atoms with Gasteiger partial charge in [0.25, 0.3) is 11.8 Å². The summed E-state index contributed by atoms with van der Waals surface area (Å²) in [5, 5.41) is 2.79. The second-order valence-electron chi connectivity index (χ2n) is 6.72. The minimum atomic E-state index is -0.788. The molecule has 1 fully saturated rings. The third-order valence-corrected chi connectivity index (χ3v) is 5.10. The Morgan fingerprint density at radius 2 is 1.59 bits per heavy atom. The fraction of sp³-hybridized carbons (Fsp3) is 0.130. The summed E-state index contributed by atoms with van der Waals surface area (Å²) in [5.74, 6) is -0.552. The van der Waals surface area contributed by atoms with Gasteiger partial charge in [0.2, 0.25) is 0 Å². The summed E-state index contributed by atoms with van der Waals surface area (Å²) in [4.78, 5) is 27.3. The number of hydrogen-bond acceptors (Lipinski definition) is 3. The minimum Gasteiger partial charge on any atom is -0.349 e. The van der Waals surface area contributed by atoms with Gasteiger partial charge in [-0.15, -0.1) is 0 Å². The molecule has 0 bridgehead atoms. The molecular weight excluding hydrogens is 432 g/mol. The molecule has 1 N–H and O–H groups in total. The van der Waals surface area contributed by atoms with Gasteiger partial charge in [-0.3, -0.25) is 9.59 Å². The molecule has 0 radical (unpaired) electrons. The molecule has 0 unspecified atom stereocenters. The molecule has 3 aromatic carbocycles. The standard InChI is InChI=1S/C23H19BrN2O3/c24-17-10-7-11-18(14-17)25-22(27)20-21(29-20)23(28)26(19-12-5-2-6-13-19)15-16-8-3-1-4-9-16/h1-14,20-21H,15H2,(H,25,27)/t20-,21-/m0/s1. The van der Waals surface area contributed by atoms with Crippen molar-refractivity contribution in [2.24, 2.45) is 0 Å². The zero-order valence-corrected chi connectivity index (χ0v) is 17.1. The Morgan fingerprint density at radius 3 is 2.28 bits per heavy atom. The first-order valence-electron chi connectivity index (χ1n) is 9.24. The van der Waals surface area contributed by atoms with Crippen molar-refractivity contribution in [2.45, 2.75) is 18.8 Å². The zero-order valence-electron chi connectivity index (χ0n) is 15.5. The Balaban J connectivity index is 1.47. The van der Waals surface area contributed by atoms with E-state index in [2.05, 4.69) is 21.2 Å². The second kappa shape index (κ2) is 8.59. The van der Waals surface area contributed by atoms with Crippen LogP contribution in [-0.2, 0) is 20.9 Å². The van der Waals surface area contributed by atoms with Gasteiger partial charge < -0.3 is 15.0 Å². The van der Waals surface area contributed by atoms with E-state index in [-0.39, 0.29) is 11.8 Å². The highest BCUT2D eigenvalue weighted by atomic mass is 79.9. The molecule has 0 aliphatic carbocycles. The lowest BCUT2D eigenvalue weighted by Gasteiger charge is -2.22. The number of para-hydroxylation sites is 1. The number of benzene rings is 3. The van der Waals surface area contributed by atoms with Crippen LogP contribution in [0.4, 0.5) is 11.4 Å². The molecule has 3 aromatic rings. The maximum atomic E-state index is 13.1. The highest BCUT2D eigenvalue weighted by Crippen LogP contribution is 2.29. The number of amides is 2. The van der Waals surface area contributed by atoms with Gasteiger partial charge in [0.15, 0.2) is 12.2 Å². The Hall–Kier alpha value is -2.96. The highest BCUT2D eigenvalue weighted by molar-refractivity contribution is 9.10. The van der Waals surface area contributed by atoms with Gasteiger partial charge in [-0.1, -0.05) is 70.5 Å². The largest absolute Gasteiger partial charge is 0.349 e. The molecule has 5 nitrogen and oxygen atoms in total. The number of ether oxygens (including phenoxy) is 1. The first-order valence-corrected chi connectivity index (χ1v) is 10.0. The molecule has 2 atom stereocenters. The molecule has 146 valence electrons. The summed E-state index contributed by atoms with van der Waals surface area (Å²) < 4.78 is 6.33. The van der Waals surface area contributed by atoms with Crippen molar-refractivity contribution in [3.05, 3.63) is 95.0 Å². The summed E-state index contributed by atoms with van der Waals surface area (Å²) in [7, 11) is 0. The lowest BCUT2D eigenvalue weighted by molar-refractivity contribution is -0.120. The molecule has 0 aromatic heterocycles. The van der Waals surface area contributed by atoms with E-state index in [1.165, 1.54) is 0 Å². The van der Waals surface area contributed by atoms with E-state index in [9.17, 15) is 9.59 Å². The summed E-state index contributed by atoms with van der Waals surface area (Å²) in [6.07, 6.45) is -1.57. The van der Waals surface area contributed by atoms with E-state index >= 15 is 0 Å². The number of anilines is 2. The minimum absolute atomic E-state index is 0.227. The molecular formula is C23H19BrN2O3. The zero-order chi connectivity index (χ0) is 20.2. The van der Waals surface area contributed by atoms with E-state index < -0.39 is 12.2 Å². The topological polar surface area (TPSA) is 61.9 Å². The van der Waals surface area contributed by atoms with Crippen LogP contribution in [0.5, 0.6) is 0 Å². The molecule has 29 heavy (non-hydrogen) atoms.